The molecule has 0 aliphatic rings. The van der Waals surface area contributed by atoms with E-state index in [1.165, 1.54) is 0 Å². The second-order valence-corrected chi connectivity index (χ2v) is 6.54. The Morgan fingerprint density at radius 2 is 1.81 bits per heavy atom. The molecule has 1 aromatic carbocycles. The lowest BCUT2D eigenvalue weighted by Crippen LogP contribution is -2.27. The predicted molar refractivity (Wildman–Crippen MR) is 89.6 cm³/mol. The summed E-state index contributed by atoms with van der Waals surface area (Å²) in [5.41, 5.74) is 2.74. The van der Waals surface area contributed by atoms with Crippen LogP contribution in [-0.4, -0.2) is 15.5 Å². The molecule has 1 aromatic heterocycles. The van der Waals surface area contributed by atoms with Crippen LogP contribution >= 0.6 is 11.6 Å². The molecule has 0 aliphatic heterocycles. The summed E-state index contributed by atoms with van der Waals surface area (Å²) in [6.07, 6.45) is 0. The average molecular weight is 305 g/mol. The number of halogens is 1. The van der Waals surface area contributed by atoms with Crippen LogP contribution in [0.2, 0.25) is 5.02 Å². The largest absolute Gasteiger partial charge is 0.365 e. The molecule has 2 aromatic rings. The Morgan fingerprint density at radius 3 is 2.48 bits per heavy atom. The molecule has 2 rings (SSSR count). The summed E-state index contributed by atoms with van der Waals surface area (Å²) in [6, 6.07) is 7.67. The lowest BCUT2D eigenvalue weighted by molar-refractivity contribution is 0.630. The maximum Gasteiger partial charge on any atom is 0.229 e. The molecule has 0 aliphatic carbocycles. The first-order valence-corrected chi connectivity index (χ1v) is 7.28. The van der Waals surface area contributed by atoms with E-state index in [9.17, 15) is 0 Å². The molecule has 0 bridgehead atoms. The molecule has 0 fully saturated rings. The number of nitrogens with zero attached hydrogens (tertiary/aromatic N) is 2. The quantitative estimate of drug-likeness (QED) is 0.863. The number of anilines is 3. The zero-order chi connectivity index (χ0) is 15.6. The second kappa shape index (κ2) is 5.90. The highest BCUT2D eigenvalue weighted by molar-refractivity contribution is 6.31. The van der Waals surface area contributed by atoms with E-state index in [1.807, 2.05) is 38.1 Å². The summed E-state index contributed by atoms with van der Waals surface area (Å²) in [4.78, 5) is 8.93. The summed E-state index contributed by atoms with van der Waals surface area (Å²) in [6.45, 7) is 10.2. The van der Waals surface area contributed by atoms with Crippen molar-refractivity contribution in [3.05, 3.63) is 40.5 Å². The van der Waals surface area contributed by atoms with Crippen LogP contribution < -0.4 is 10.6 Å². The number of hydrogen-bond donors (Lipinski definition) is 2. The van der Waals surface area contributed by atoms with Gasteiger partial charge in [0.05, 0.1) is 0 Å². The normalized spacial score (nSPS) is 11.3. The molecule has 0 radical (unpaired) electrons. The van der Waals surface area contributed by atoms with Gasteiger partial charge in [-0.25, -0.2) is 4.98 Å². The fourth-order valence-corrected chi connectivity index (χ4v) is 2.11. The molecular formula is C16H21ClN4. The van der Waals surface area contributed by atoms with Crippen LogP contribution in [0.15, 0.2) is 24.3 Å². The second-order valence-electron chi connectivity index (χ2n) is 6.13. The summed E-state index contributed by atoms with van der Waals surface area (Å²) >= 11 is 6.14. The van der Waals surface area contributed by atoms with Crippen molar-refractivity contribution in [3.63, 3.8) is 0 Å². The molecule has 0 spiro atoms. The van der Waals surface area contributed by atoms with E-state index < -0.39 is 0 Å². The maximum atomic E-state index is 6.14. The number of aromatic nitrogens is 2. The molecule has 0 unspecified atom stereocenters. The average Bonchev–Trinajstić information content (AvgIpc) is 2.32. The third kappa shape index (κ3) is 4.33. The lowest BCUT2D eigenvalue weighted by atomic mass is 10.1. The standard InChI is InChI=1S/C16H21ClN4/c1-10-9-14(21-16(3,4)5)20-15(18-10)19-13-8-6-7-12(17)11(13)2/h6-9H,1-5H3,(H2,18,19,20,21). The Hall–Kier alpha value is -1.81. The molecule has 2 N–H and O–H groups in total. The van der Waals surface area contributed by atoms with Crippen LogP contribution in [0.25, 0.3) is 0 Å². The van der Waals surface area contributed by atoms with Crippen LogP contribution in [0, 0.1) is 13.8 Å². The van der Waals surface area contributed by atoms with Gasteiger partial charge in [-0.3, -0.25) is 0 Å². The van der Waals surface area contributed by atoms with Crippen molar-refractivity contribution in [2.75, 3.05) is 10.6 Å². The van der Waals surface area contributed by atoms with Crippen LogP contribution in [0.3, 0.4) is 0 Å². The SMILES string of the molecule is Cc1cc(NC(C)(C)C)nc(Nc2cccc(Cl)c2C)n1. The van der Waals surface area contributed by atoms with E-state index in [4.69, 9.17) is 11.6 Å². The summed E-state index contributed by atoms with van der Waals surface area (Å²) in [5, 5.41) is 7.31. The van der Waals surface area contributed by atoms with Crippen molar-refractivity contribution in [2.24, 2.45) is 0 Å². The molecule has 5 heteroatoms. The van der Waals surface area contributed by atoms with Crippen molar-refractivity contribution in [3.8, 4) is 0 Å². The molecule has 0 saturated heterocycles. The van der Waals surface area contributed by atoms with Crippen molar-refractivity contribution >= 4 is 29.1 Å². The molecule has 21 heavy (non-hydrogen) atoms. The monoisotopic (exact) mass is 304 g/mol. The number of rotatable bonds is 3. The van der Waals surface area contributed by atoms with Gasteiger partial charge in [0, 0.05) is 28.0 Å². The Labute approximate surface area is 131 Å². The van der Waals surface area contributed by atoms with E-state index in [0.717, 1.165) is 27.8 Å². The maximum absolute atomic E-state index is 6.14. The van der Waals surface area contributed by atoms with E-state index in [0.29, 0.717) is 5.95 Å². The van der Waals surface area contributed by atoms with Crippen LogP contribution in [0.5, 0.6) is 0 Å². The van der Waals surface area contributed by atoms with Gasteiger partial charge >= 0.3 is 0 Å². The van der Waals surface area contributed by atoms with Crippen LogP contribution in [0.4, 0.5) is 17.5 Å². The van der Waals surface area contributed by atoms with Gasteiger partial charge in [0.25, 0.3) is 0 Å². The predicted octanol–water partition coefficient (Wildman–Crippen LogP) is 4.70. The van der Waals surface area contributed by atoms with E-state index in [1.54, 1.807) is 0 Å². The van der Waals surface area contributed by atoms with Gasteiger partial charge in [-0.2, -0.15) is 4.98 Å². The number of hydrogen-bond acceptors (Lipinski definition) is 4. The Balaban J connectivity index is 2.30. The first-order valence-electron chi connectivity index (χ1n) is 6.90. The first-order chi connectivity index (χ1) is 9.74. The highest BCUT2D eigenvalue weighted by Gasteiger charge is 2.12. The Kier molecular flexibility index (Phi) is 4.37. The smallest absolute Gasteiger partial charge is 0.229 e. The molecular weight excluding hydrogens is 284 g/mol. The molecule has 0 amide bonds. The summed E-state index contributed by atoms with van der Waals surface area (Å²) in [5.74, 6) is 1.37. The number of benzene rings is 1. The van der Waals surface area contributed by atoms with Gasteiger partial charge in [0.2, 0.25) is 5.95 Å². The van der Waals surface area contributed by atoms with Gasteiger partial charge < -0.3 is 10.6 Å². The minimum atomic E-state index is -0.0516. The highest BCUT2D eigenvalue weighted by Crippen LogP contribution is 2.25. The number of aryl methyl sites for hydroxylation is 1. The van der Waals surface area contributed by atoms with Crippen LogP contribution in [-0.2, 0) is 0 Å². The highest BCUT2D eigenvalue weighted by atomic mass is 35.5. The molecule has 4 nitrogen and oxygen atoms in total. The van der Waals surface area contributed by atoms with E-state index in [2.05, 4.69) is 41.4 Å². The van der Waals surface area contributed by atoms with Crippen molar-refractivity contribution in [1.29, 1.82) is 0 Å². The van der Waals surface area contributed by atoms with Gasteiger partial charge in [-0.05, 0) is 52.3 Å². The minimum absolute atomic E-state index is 0.0516. The van der Waals surface area contributed by atoms with Crippen LogP contribution in [0.1, 0.15) is 32.0 Å². The Bertz CT molecular complexity index is 647. The zero-order valence-corrected chi connectivity index (χ0v) is 13.8. The lowest BCUT2D eigenvalue weighted by Gasteiger charge is -2.22. The zero-order valence-electron chi connectivity index (χ0n) is 13.1. The van der Waals surface area contributed by atoms with E-state index >= 15 is 0 Å². The number of nitrogens with one attached hydrogen (secondary N) is 2. The molecule has 0 atom stereocenters. The Morgan fingerprint density at radius 1 is 1.10 bits per heavy atom. The van der Waals surface area contributed by atoms with Crippen molar-refractivity contribution in [1.82, 2.24) is 9.97 Å². The summed E-state index contributed by atoms with van der Waals surface area (Å²) in [7, 11) is 0. The first kappa shape index (κ1) is 15.6. The molecule has 1 heterocycles. The fourth-order valence-electron chi connectivity index (χ4n) is 1.94. The molecule has 0 saturated carbocycles. The van der Waals surface area contributed by atoms with Gasteiger partial charge in [0.1, 0.15) is 5.82 Å². The fraction of sp³-hybridized carbons (Fsp3) is 0.375. The molecule has 112 valence electrons. The van der Waals surface area contributed by atoms with Gasteiger partial charge in [-0.1, -0.05) is 17.7 Å². The minimum Gasteiger partial charge on any atom is -0.365 e. The third-order valence-corrected chi connectivity index (χ3v) is 3.28. The topological polar surface area (TPSA) is 49.8 Å². The van der Waals surface area contributed by atoms with Crippen molar-refractivity contribution < 1.29 is 0 Å². The van der Waals surface area contributed by atoms with E-state index in [-0.39, 0.29) is 5.54 Å². The third-order valence-electron chi connectivity index (χ3n) is 2.87. The van der Waals surface area contributed by atoms with Gasteiger partial charge in [-0.15, -0.1) is 0 Å². The van der Waals surface area contributed by atoms with Crippen molar-refractivity contribution in [2.45, 2.75) is 40.2 Å². The van der Waals surface area contributed by atoms with Gasteiger partial charge in [0.15, 0.2) is 0 Å². The summed E-state index contributed by atoms with van der Waals surface area (Å²) < 4.78 is 0.